The van der Waals surface area contributed by atoms with Crippen molar-refractivity contribution in [3.05, 3.63) is 96.3 Å². The van der Waals surface area contributed by atoms with Crippen LogP contribution in [-0.2, 0) is 0 Å². The van der Waals surface area contributed by atoms with Crippen LogP contribution in [0.5, 0.6) is 0 Å². The molecule has 3 aliphatic rings. The number of allylic oxidation sites excluding steroid dienone is 3. The number of hydrogen-bond donors (Lipinski definition) is 2. The molecule has 2 aromatic rings. The fourth-order valence-corrected chi connectivity index (χ4v) is 7.79. The Kier molecular flexibility index (Phi) is 7.07. The van der Waals surface area contributed by atoms with E-state index in [0.29, 0.717) is 5.84 Å². The Balaban J connectivity index is 1.32. The number of rotatable bonds is 7. The number of aryl methyl sites for hydroxylation is 1. The van der Waals surface area contributed by atoms with Crippen LogP contribution in [0.15, 0.2) is 85.0 Å². The lowest BCUT2D eigenvalue weighted by atomic mass is 9.98. The van der Waals surface area contributed by atoms with Gasteiger partial charge >= 0.3 is 0 Å². The van der Waals surface area contributed by atoms with Crippen molar-refractivity contribution in [1.82, 2.24) is 20.1 Å². The van der Waals surface area contributed by atoms with Crippen molar-refractivity contribution in [2.24, 2.45) is 0 Å². The molecule has 2 N–H and O–H groups in total. The monoisotopic (exact) mass is 606 g/mol. The minimum Gasteiger partial charge on any atom is -0.366 e. The molecule has 0 bridgehead atoms. The summed E-state index contributed by atoms with van der Waals surface area (Å²) in [5.41, 5.74) is 8.11. The Morgan fingerprint density at radius 2 is 2.03 bits per heavy atom. The SMILES string of the molecule is C=C(C)C1=IN(CC(=C)N2CC[C@H]2C(=N)N(C)C2=CC=CC(C)N2)c2ccc(-c3ccc(C)nc3)cc21. The highest BCUT2D eigenvalue weighted by molar-refractivity contribution is 14.2. The van der Waals surface area contributed by atoms with E-state index in [1.807, 2.05) is 31.1 Å². The smallest absolute Gasteiger partial charge is 0.124 e. The number of halogens is 1. The van der Waals surface area contributed by atoms with E-state index in [1.165, 1.54) is 20.3 Å². The molecule has 1 aromatic carbocycles. The molecule has 192 valence electrons. The summed E-state index contributed by atoms with van der Waals surface area (Å²) in [5, 5.41) is 12.3. The number of hydrogen-bond acceptors (Lipinski definition) is 5. The van der Waals surface area contributed by atoms with Gasteiger partial charge in [-0.1, -0.05) is 37.4 Å². The lowest BCUT2D eigenvalue weighted by molar-refractivity contribution is 0.178. The van der Waals surface area contributed by atoms with Crippen LogP contribution in [0.1, 0.15) is 31.5 Å². The summed E-state index contributed by atoms with van der Waals surface area (Å²) in [4.78, 5) is 8.75. The maximum atomic E-state index is 8.90. The number of anilines is 1. The van der Waals surface area contributed by atoms with E-state index in [0.717, 1.165) is 47.9 Å². The number of pyridine rings is 1. The van der Waals surface area contributed by atoms with Crippen molar-refractivity contribution < 1.29 is 0 Å². The van der Waals surface area contributed by atoms with Crippen LogP contribution in [0.2, 0.25) is 0 Å². The summed E-state index contributed by atoms with van der Waals surface area (Å²) in [5.74, 6) is 1.58. The molecule has 37 heavy (non-hydrogen) atoms. The van der Waals surface area contributed by atoms with Crippen LogP contribution in [-0.4, -0.2) is 56.3 Å². The molecule has 1 unspecified atom stereocenters. The molecule has 6 nitrogen and oxygen atoms in total. The number of aromatic nitrogens is 1. The first kappa shape index (κ1) is 25.4. The van der Waals surface area contributed by atoms with Gasteiger partial charge in [-0.2, -0.15) is 0 Å². The molecule has 1 aromatic heterocycles. The summed E-state index contributed by atoms with van der Waals surface area (Å²) in [6.45, 7) is 16.7. The van der Waals surface area contributed by atoms with Gasteiger partial charge in [0.2, 0.25) is 0 Å². The molecule has 0 saturated carbocycles. The predicted molar refractivity (Wildman–Crippen MR) is 164 cm³/mol. The summed E-state index contributed by atoms with van der Waals surface area (Å²) < 4.78 is 3.88. The largest absolute Gasteiger partial charge is 0.366 e. The molecule has 5 rings (SSSR count). The van der Waals surface area contributed by atoms with Gasteiger partial charge in [0, 0.05) is 72.9 Å². The molecule has 4 heterocycles. The van der Waals surface area contributed by atoms with E-state index in [4.69, 9.17) is 5.41 Å². The molecule has 0 aliphatic carbocycles. The van der Waals surface area contributed by atoms with Crippen LogP contribution < -0.4 is 8.43 Å². The van der Waals surface area contributed by atoms with Crippen LogP contribution in [0.4, 0.5) is 5.69 Å². The fraction of sp³-hybridized carbons (Fsp3) is 0.300. The Hall–Kier alpha value is -3.20. The highest BCUT2D eigenvalue weighted by Crippen LogP contribution is 2.41. The summed E-state index contributed by atoms with van der Waals surface area (Å²) in [6.07, 6.45) is 9.14. The van der Waals surface area contributed by atoms with E-state index >= 15 is 0 Å². The second-order valence-electron chi connectivity index (χ2n) is 10.00. The van der Waals surface area contributed by atoms with E-state index in [1.54, 1.807) is 0 Å². The molecule has 1 saturated heterocycles. The van der Waals surface area contributed by atoms with Crippen molar-refractivity contribution >= 4 is 36.0 Å². The number of likely N-dealkylation sites (N-methyl/N-ethyl adjacent to an activating group) is 1. The second-order valence-corrected chi connectivity index (χ2v) is 12.7. The number of amidine groups is 1. The van der Waals surface area contributed by atoms with Gasteiger partial charge in [0.1, 0.15) is 11.7 Å². The van der Waals surface area contributed by atoms with Crippen molar-refractivity contribution in [3.8, 4) is 11.1 Å². The number of fused-ring (bicyclic) bond motifs is 1. The quantitative estimate of drug-likeness (QED) is 0.182. The molecule has 0 spiro atoms. The molecular weight excluding hydrogens is 571 g/mol. The Morgan fingerprint density at radius 3 is 2.68 bits per heavy atom. The summed E-state index contributed by atoms with van der Waals surface area (Å²) >= 11 is -0.391. The first-order chi connectivity index (χ1) is 17.7. The van der Waals surface area contributed by atoms with Gasteiger partial charge in [0.25, 0.3) is 0 Å². The number of nitrogens with zero attached hydrogens (tertiary/aromatic N) is 4. The van der Waals surface area contributed by atoms with Crippen molar-refractivity contribution in [2.45, 2.75) is 39.3 Å². The molecule has 7 heteroatoms. The third kappa shape index (κ3) is 5.01. The Bertz CT molecular complexity index is 1350. The first-order valence-electron chi connectivity index (χ1n) is 12.7. The zero-order valence-electron chi connectivity index (χ0n) is 22.1. The van der Waals surface area contributed by atoms with Crippen molar-refractivity contribution in [2.75, 3.05) is 23.3 Å². The van der Waals surface area contributed by atoms with Crippen LogP contribution in [0.25, 0.3) is 11.1 Å². The van der Waals surface area contributed by atoms with Gasteiger partial charge in [-0.05, 0) is 62.6 Å². The highest BCUT2D eigenvalue weighted by atomic mass is 127. The maximum Gasteiger partial charge on any atom is 0.124 e. The van der Waals surface area contributed by atoms with E-state index in [9.17, 15) is 0 Å². The Labute approximate surface area is 230 Å². The minimum atomic E-state index is -0.391. The normalized spacial score (nSPS) is 20.1. The maximum absolute atomic E-state index is 8.90. The highest BCUT2D eigenvalue weighted by Gasteiger charge is 2.36. The zero-order valence-corrected chi connectivity index (χ0v) is 24.2. The molecule has 0 amide bonds. The second kappa shape index (κ2) is 10.3. The van der Waals surface area contributed by atoms with Crippen molar-refractivity contribution in [1.29, 1.82) is 5.41 Å². The third-order valence-electron chi connectivity index (χ3n) is 7.12. The number of nitrogens with one attached hydrogen (secondary N) is 2. The van der Waals surface area contributed by atoms with Gasteiger partial charge in [0.05, 0.1) is 18.3 Å². The molecule has 3 aliphatic heterocycles. The van der Waals surface area contributed by atoms with E-state index in [2.05, 4.69) is 87.8 Å². The summed E-state index contributed by atoms with van der Waals surface area (Å²) in [6, 6.07) is 11.3. The van der Waals surface area contributed by atoms with Gasteiger partial charge in [0.15, 0.2) is 0 Å². The van der Waals surface area contributed by atoms with Crippen LogP contribution >= 0.6 is 21.0 Å². The first-order valence-corrected chi connectivity index (χ1v) is 14.7. The van der Waals surface area contributed by atoms with Gasteiger partial charge in [-0.3, -0.25) is 10.4 Å². The van der Waals surface area contributed by atoms with Crippen LogP contribution in [0, 0.1) is 12.3 Å². The van der Waals surface area contributed by atoms with E-state index in [-0.39, 0.29) is 12.1 Å². The predicted octanol–water partition coefficient (Wildman–Crippen LogP) is 5.75. The van der Waals surface area contributed by atoms with Gasteiger partial charge < -0.3 is 18.2 Å². The van der Waals surface area contributed by atoms with E-state index < -0.39 is 21.0 Å². The molecule has 1 fully saturated rings. The third-order valence-corrected chi connectivity index (χ3v) is 10.5. The topological polar surface area (TPSA) is 58.5 Å². The minimum absolute atomic E-state index is 0.0580. The lowest BCUT2D eigenvalue weighted by Crippen LogP contribution is -2.56. The van der Waals surface area contributed by atoms with Crippen LogP contribution in [0.3, 0.4) is 0 Å². The van der Waals surface area contributed by atoms with Crippen molar-refractivity contribution in [3.63, 3.8) is 0 Å². The molecule has 2 atom stereocenters. The lowest BCUT2D eigenvalue weighted by Gasteiger charge is -2.46. The fourth-order valence-electron chi connectivity index (χ4n) is 4.86. The number of benzene rings is 1. The van der Waals surface area contributed by atoms with Gasteiger partial charge in [-0.25, -0.2) is 0 Å². The Morgan fingerprint density at radius 1 is 1.24 bits per heavy atom. The number of likely N-dealkylation sites (tertiary alicyclic amines) is 1. The molecular formula is C30H35IN6. The standard InChI is InChI=1S/C30H35IN6/c1-19(2)29-25-16-23(24-11-10-20(3)33-17-24)12-13-26(25)37(31-29)18-22(5)36-15-14-27(36)30(32)35(6)28-9-7-8-21(4)34-28/h7-13,16-17,21,27,32,34H,1,5,14-15,18H2,2-4,6H3/t21?,27-/m0/s1. The van der Waals surface area contributed by atoms with Gasteiger partial charge in [-0.15, -0.1) is 0 Å². The average Bonchev–Trinajstić information content (AvgIpc) is 3.21. The molecule has 0 radical (unpaired) electrons. The number of dihydropyridines is 1. The summed E-state index contributed by atoms with van der Waals surface area (Å²) in [7, 11) is 1.98. The average molecular weight is 607 g/mol. The zero-order chi connectivity index (χ0) is 26.3.